The number of Topliss-reactive ketones (excluding diaryl/α,β-unsaturated/α-hetero) is 1. The third kappa shape index (κ3) is 10.3. The summed E-state index contributed by atoms with van der Waals surface area (Å²) in [7, 11) is 0. The zero-order chi connectivity index (χ0) is 43.6. The molecule has 1 amide bonds. The molecular weight excluding hydrogens is 749 g/mol. The second-order valence-corrected chi connectivity index (χ2v) is 18.3. The van der Waals surface area contributed by atoms with Crippen molar-refractivity contribution in [1.29, 1.82) is 0 Å². The molecule has 1 fully saturated rings. The van der Waals surface area contributed by atoms with E-state index in [1.807, 2.05) is 32.1 Å². The first-order valence-electron chi connectivity index (χ1n) is 21.5. The molecule has 5 rings (SSSR count). The number of rotatable bonds is 6. The number of anilines is 1. The number of phenols is 2. The van der Waals surface area contributed by atoms with Crippen LogP contribution in [0.1, 0.15) is 117 Å². The number of hydrogen-bond acceptors (Lipinski definition) is 11. The third-order valence-electron chi connectivity index (χ3n) is 12.0. The smallest absolute Gasteiger partial charge is 0.251 e. The Morgan fingerprint density at radius 1 is 0.983 bits per heavy atom. The van der Waals surface area contributed by atoms with E-state index in [4.69, 9.17) is 19.5 Å². The Bertz CT molecular complexity index is 2110. The van der Waals surface area contributed by atoms with Gasteiger partial charge in [-0.2, -0.15) is 0 Å². The highest BCUT2D eigenvalue weighted by Gasteiger charge is 2.40. The summed E-state index contributed by atoms with van der Waals surface area (Å²) in [6, 6.07) is 0. The van der Waals surface area contributed by atoms with Gasteiger partial charge >= 0.3 is 0 Å². The van der Waals surface area contributed by atoms with E-state index in [9.17, 15) is 30.0 Å². The zero-order valence-corrected chi connectivity index (χ0v) is 37.1. The molecule has 2 bridgehead atoms. The van der Waals surface area contributed by atoms with Gasteiger partial charge in [-0.3, -0.25) is 19.6 Å². The van der Waals surface area contributed by atoms with Gasteiger partial charge in [0.15, 0.2) is 23.0 Å². The topological polar surface area (TPSA) is 174 Å². The summed E-state index contributed by atoms with van der Waals surface area (Å²) in [5.74, 6) is -2.71. The van der Waals surface area contributed by atoms with E-state index in [0.717, 1.165) is 19.6 Å². The quantitative estimate of drug-likeness (QED) is 0.116. The predicted octanol–water partition coefficient (Wildman–Crippen LogP) is 7.04. The summed E-state index contributed by atoms with van der Waals surface area (Å²) in [6.07, 6.45) is 10.3. The first kappa shape index (κ1) is 46.0. The van der Waals surface area contributed by atoms with E-state index in [-0.39, 0.29) is 86.9 Å². The average molecular weight is 817 g/mol. The molecule has 6 atom stereocenters. The van der Waals surface area contributed by atoms with Crippen molar-refractivity contribution in [3.63, 3.8) is 0 Å². The highest BCUT2D eigenvalue weighted by atomic mass is 16.6. The maximum Gasteiger partial charge on any atom is 0.251 e. The number of likely N-dealkylation sites (tertiary alicyclic amines) is 1. The van der Waals surface area contributed by atoms with Crippen LogP contribution in [0, 0.1) is 36.5 Å². The molecule has 1 saturated heterocycles. The normalized spacial score (nSPS) is 28.2. The number of phenolic OH excluding ortho intramolecular Hbond substituents is 2. The molecule has 3 aliphatic rings. The van der Waals surface area contributed by atoms with Crippen molar-refractivity contribution >= 4 is 28.2 Å². The summed E-state index contributed by atoms with van der Waals surface area (Å²) < 4.78 is 12.3. The second-order valence-electron chi connectivity index (χ2n) is 18.3. The van der Waals surface area contributed by atoms with Gasteiger partial charge in [-0.25, -0.2) is 0 Å². The van der Waals surface area contributed by atoms with E-state index in [2.05, 4.69) is 37.9 Å². The van der Waals surface area contributed by atoms with Crippen LogP contribution >= 0.6 is 0 Å². The SMILES string of the molecule is CCOc1c(C)c(O)c2c(O)c3c4c(c2c1C(=O)C/C=C/C[C@@H](C)C(O)[C@H](C)[C@H](OC(C)(C)O)[C@H](C)C[C@@H](C)/C=C/C=C(/C)C(=O)N3)=NC1(CCN(CC(C)C)CC1)N=4. The summed E-state index contributed by atoms with van der Waals surface area (Å²) in [4.78, 5) is 41.3. The fourth-order valence-corrected chi connectivity index (χ4v) is 8.99. The number of aromatic hydroxyl groups is 2. The number of nitrogens with zero attached hydrogens (tertiary/aromatic N) is 3. The Morgan fingerprint density at radius 2 is 1.64 bits per heavy atom. The van der Waals surface area contributed by atoms with Crippen LogP contribution in [0.25, 0.3) is 10.8 Å². The maximum absolute atomic E-state index is 14.6. The molecule has 0 aromatic heterocycles. The van der Waals surface area contributed by atoms with E-state index in [0.29, 0.717) is 42.5 Å². The molecule has 59 heavy (non-hydrogen) atoms. The molecule has 12 heteroatoms. The first-order valence-corrected chi connectivity index (χ1v) is 21.5. The summed E-state index contributed by atoms with van der Waals surface area (Å²) in [5, 5.41) is 50.0. The minimum Gasteiger partial charge on any atom is -0.507 e. The lowest BCUT2D eigenvalue weighted by Crippen LogP contribution is -2.44. The lowest BCUT2D eigenvalue weighted by Gasteiger charge is -2.38. The van der Waals surface area contributed by atoms with E-state index in [1.54, 1.807) is 46.8 Å². The first-order chi connectivity index (χ1) is 27.7. The molecule has 1 unspecified atom stereocenters. The van der Waals surface area contributed by atoms with Crippen molar-refractivity contribution in [3.8, 4) is 17.2 Å². The number of hydrogen-bond donors (Lipinski definition) is 5. The van der Waals surface area contributed by atoms with Crippen molar-refractivity contribution in [2.45, 2.75) is 132 Å². The lowest BCUT2D eigenvalue weighted by atomic mass is 9.80. The fourth-order valence-electron chi connectivity index (χ4n) is 8.99. The molecule has 3 heterocycles. The number of ether oxygens (including phenoxy) is 2. The molecule has 2 aromatic rings. The number of amides is 1. The Labute approximate surface area is 349 Å². The van der Waals surface area contributed by atoms with Gasteiger partial charge in [0.25, 0.3) is 5.91 Å². The maximum atomic E-state index is 14.6. The molecular formula is C47H68N4O8. The average Bonchev–Trinajstić information content (AvgIpc) is 3.53. The third-order valence-corrected chi connectivity index (χ3v) is 12.0. The highest BCUT2D eigenvalue weighted by Crippen LogP contribution is 2.45. The number of aliphatic hydroxyl groups excluding tert-OH is 1. The number of allylic oxidation sites excluding steroid dienone is 5. The van der Waals surface area contributed by atoms with Gasteiger partial charge in [0.05, 0.1) is 35.1 Å². The highest BCUT2D eigenvalue weighted by molar-refractivity contribution is 6.16. The number of benzene rings is 2. The van der Waals surface area contributed by atoms with Crippen LogP contribution < -0.4 is 20.8 Å². The van der Waals surface area contributed by atoms with Crippen LogP contribution in [0.3, 0.4) is 0 Å². The standard InChI is InChI=1S/C47H68N4O8/c1-12-58-44-32(9)41(54)36-35-34(44)33(52)19-14-13-17-28(5)40(53)31(8)43(59-46(10,11)57)30(7)24-27(4)16-15-18-29(6)45(56)48-39(42(36)55)38-37(35)49-47(50-38)20-22-51(23-21-47)25-26(2)3/h13-16,18,26-28,30-31,40,43,53-55,57H,12,17,19-25H2,1-11H3,(H,48,56)/b14-13+,16-15+,29-18-/t27-,28+,30+,31-,40?,43+/m0/s1. The fraction of sp³-hybridized carbons (Fsp3) is 0.617. The summed E-state index contributed by atoms with van der Waals surface area (Å²) >= 11 is 0. The number of carbonyl (C=O) groups is 2. The van der Waals surface area contributed by atoms with Crippen molar-refractivity contribution in [2.75, 3.05) is 31.6 Å². The van der Waals surface area contributed by atoms with E-state index in [1.165, 1.54) is 0 Å². The van der Waals surface area contributed by atoms with Gasteiger partial charge in [-0.1, -0.05) is 71.9 Å². The Balaban J connectivity index is 1.71. The molecule has 1 spiro atoms. The second kappa shape index (κ2) is 18.7. The van der Waals surface area contributed by atoms with Crippen LogP contribution in [0.2, 0.25) is 0 Å². The number of aliphatic hydroxyl groups is 2. The van der Waals surface area contributed by atoms with E-state index >= 15 is 0 Å². The number of ketones is 1. The predicted molar refractivity (Wildman–Crippen MR) is 231 cm³/mol. The molecule has 0 radical (unpaired) electrons. The molecule has 0 aliphatic carbocycles. The summed E-state index contributed by atoms with van der Waals surface area (Å²) in [6.45, 7) is 23.3. The number of nitrogens with one attached hydrogen (secondary N) is 1. The van der Waals surface area contributed by atoms with Crippen molar-refractivity contribution < 1.29 is 39.5 Å². The minimum absolute atomic E-state index is 0.00277. The van der Waals surface area contributed by atoms with Crippen LogP contribution in [0.4, 0.5) is 5.69 Å². The van der Waals surface area contributed by atoms with E-state index < -0.39 is 35.3 Å². The largest absolute Gasteiger partial charge is 0.507 e. The van der Waals surface area contributed by atoms with Crippen molar-refractivity contribution in [3.05, 3.63) is 57.8 Å². The van der Waals surface area contributed by atoms with Crippen LogP contribution in [0.15, 0.2) is 45.9 Å². The van der Waals surface area contributed by atoms with Gasteiger partial charge in [0.2, 0.25) is 0 Å². The monoisotopic (exact) mass is 817 g/mol. The van der Waals surface area contributed by atoms with Crippen molar-refractivity contribution in [2.24, 2.45) is 39.6 Å². The van der Waals surface area contributed by atoms with Gasteiger partial charge in [-0.05, 0) is 71.1 Å². The Kier molecular flexibility index (Phi) is 14.5. The van der Waals surface area contributed by atoms with Crippen LogP contribution in [-0.4, -0.2) is 86.9 Å². The minimum atomic E-state index is -1.41. The number of carbonyl (C=O) groups excluding carboxylic acids is 2. The van der Waals surface area contributed by atoms with Crippen molar-refractivity contribution in [1.82, 2.24) is 4.90 Å². The Morgan fingerprint density at radius 3 is 2.27 bits per heavy atom. The van der Waals surface area contributed by atoms with Gasteiger partial charge in [0.1, 0.15) is 22.5 Å². The molecule has 3 aliphatic heterocycles. The molecule has 5 N–H and O–H groups in total. The van der Waals surface area contributed by atoms with Gasteiger partial charge in [-0.15, -0.1) is 0 Å². The molecule has 12 nitrogen and oxygen atoms in total. The summed E-state index contributed by atoms with van der Waals surface area (Å²) in [5.41, 5.74) is -0.0512. The van der Waals surface area contributed by atoms with Gasteiger partial charge < -0.3 is 40.1 Å². The lowest BCUT2D eigenvalue weighted by molar-refractivity contribution is -0.235. The molecule has 324 valence electrons. The molecule has 2 aromatic carbocycles. The van der Waals surface area contributed by atoms with Gasteiger partial charge in [0, 0.05) is 61.3 Å². The van der Waals surface area contributed by atoms with Crippen LogP contribution in [-0.2, 0) is 9.53 Å². The molecule has 0 saturated carbocycles. The number of piperidine rings is 1. The van der Waals surface area contributed by atoms with Crippen LogP contribution in [0.5, 0.6) is 17.2 Å². The zero-order valence-electron chi connectivity index (χ0n) is 37.1. The Hall–Kier alpha value is -4.10.